The van der Waals surface area contributed by atoms with Crippen molar-refractivity contribution < 1.29 is 9.47 Å². The summed E-state index contributed by atoms with van der Waals surface area (Å²) >= 11 is 4.83. The van der Waals surface area contributed by atoms with Crippen molar-refractivity contribution >= 4 is 33.5 Å². The van der Waals surface area contributed by atoms with Gasteiger partial charge in [-0.1, -0.05) is 88.7 Å². The number of ether oxygens (including phenoxy) is 2. The van der Waals surface area contributed by atoms with Crippen molar-refractivity contribution in [3.8, 4) is 22.6 Å². The number of rotatable bonds is 7. The van der Waals surface area contributed by atoms with Crippen molar-refractivity contribution in [3.05, 3.63) is 112 Å². The van der Waals surface area contributed by atoms with Gasteiger partial charge in [-0.15, -0.1) is 0 Å². The molecule has 184 valence electrons. The number of hydrogen-bond acceptors (Lipinski definition) is 7. The number of halogens is 1. The number of nitrogen functional groups attached to an aromatic ring is 1. The Labute approximate surface area is 226 Å². The van der Waals surface area contributed by atoms with Gasteiger partial charge in [-0.25, -0.2) is 15.0 Å². The van der Waals surface area contributed by atoms with Crippen LogP contribution in [0.1, 0.15) is 17.4 Å². The molecule has 0 saturated carbocycles. The molecule has 0 radical (unpaired) electrons. The molecule has 0 aromatic heterocycles. The summed E-state index contributed by atoms with van der Waals surface area (Å²) in [6.07, 6.45) is 3.61. The molecule has 7 nitrogen and oxygen atoms in total. The third-order valence-corrected chi connectivity index (χ3v) is 7.52. The van der Waals surface area contributed by atoms with E-state index in [2.05, 4.69) is 74.4 Å². The third-order valence-electron chi connectivity index (χ3n) is 6.04. The summed E-state index contributed by atoms with van der Waals surface area (Å²) in [7, 11) is 0. The summed E-state index contributed by atoms with van der Waals surface area (Å²) in [5.74, 6) is 1.04. The van der Waals surface area contributed by atoms with Gasteiger partial charge in [-0.3, -0.25) is 0 Å². The lowest BCUT2D eigenvalue weighted by atomic mass is 10.0. The molecule has 0 saturated heterocycles. The molecule has 1 unspecified atom stereocenters. The van der Waals surface area contributed by atoms with Gasteiger partial charge in [-0.2, -0.15) is 0 Å². The maximum atomic E-state index is 6.13. The number of anilines is 1. The topological polar surface area (TPSA) is 88.1 Å². The minimum atomic E-state index is -0.521. The highest BCUT2D eigenvalue weighted by molar-refractivity contribution is 9.10. The van der Waals surface area contributed by atoms with E-state index in [-0.39, 0.29) is 0 Å². The SMILES string of the molecule is Nc1ncn(CCc2ccc(-c3ccccc3)cc2)c2nc(SC3=COC(c4ccccc4Br)O3)nc1-2. The van der Waals surface area contributed by atoms with Gasteiger partial charge in [-0.05, 0) is 40.9 Å². The Kier molecular flexibility index (Phi) is 6.55. The first-order valence-electron chi connectivity index (χ1n) is 11.7. The highest BCUT2D eigenvalue weighted by atomic mass is 79.9. The molecule has 1 atom stereocenters. The second kappa shape index (κ2) is 10.3. The predicted octanol–water partition coefficient (Wildman–Crippen LogP) is 6.67. The van der Waals surface area contributed by atoms with Gasteiger partial charge in [0.1, 0.15) is 6.26 Å². The minimum absolute atomic E-state index is 0.349. The number of thioether (sulfide) groups is 1. The average Bonchev–Trinajstić information content (AvgIpc) is 3.57. The zero-order valence-corrected chi connectivity index (χ0v) is 22.0. The van der Waals surface area contributed by atoms with Gasteiger partial charge in [0.05, 0.1) is 6.33 Å². The van der Waals surface area contributed by atoms with Crippen LogP contribution in [-0.2, 0) is 22.4 Å². The fourth-order valence-electron chi connectivity index (χ4n) is 4.11. The first kappa shape index (κ1) is 23.6. The molecule has 3 aliphatic rings. The summed E-state index contributed by atoms with van der Waals surface area (Å²) in [6.45, 7) is 0.698. The number of aromatic nitrogens is 4. The van der Waals surface area contributed by atoms with Crippen LogP contribution in [0.5, 0.6) is 0 Å². The van der Waals surface area contributed by atoms with Gasteiger partial charge >= 0.3 is 0 Å². The van der Waals surface area contributed by atoms with Crippen LogP contribution >= 0.6 is 27.7 Å². The number of benzene rings is 3. The second-order valence-corrected chi connectivity index (χ2v) is 10.3. The third kappa shape index (κ3) is 5.05. The van der Waals surface area contributed by atoms with Crippen molar-refractivity contribution in [1.29, 1.82) is 0 Å². The minimum Gasteiger partial charge on any atom is -0.454 e. The van der Waals surface area contributed by atoms with E-state index in [9.17, 15) is 0 Å². The largest absolute Gasteiger partial charge is 0.454 e. The lowest BCUT2D eigenvalue weighted by molar-refractivity contribution is -0.0278. The molecule has 37 heavy (non-hydrogen) atoms. The first-order valence-corrected chi connectivity index (χ1v) is 13.3. The Morgan fingerprint density at radius 3 is 2.49 bits per heavy atom. The van der Waals surface area contributed by atoms with Crippen molar-refractivity contribution in [2.24, 2.45) is 0 Å². The summed E-state index contributed by atoms with van der Waals surface area (Å²) in [5, 5.41) is 1.10. The molecule has 0 aliphatic carbocycles. The van der Waals surface area contributed by atoms with Gasteiger partial charge in [0.2, 0.25) is 5.09 Å². The van der Waals surface area contributed by atoms with Gasteiger partial charge in [0.25, 0.3) is 6.29 Å². The zero-order valence-electron chi connectivity index (χ0n) is 19.6. The van der Waals surface area contributed by atoms with Crippen LogP contribution in [0.15, 0.2) is 106 Å². The summed E-state index contributed by atoms with van der Waals surface area (Å²) in [5.41, 5.74) is 11.2. The first-order chi connectivity index (χ1) is 18.1. The Morgan fingerprint density at radius 2 is 1.68 bits per heavy atom. The quantitative estimate of drug-likeness (QED) is 0.233. The van der Waals surface area contributed by atoms with Crippen LogP contribution < -0.4 is 5.73 Å². The molecule has 0 bridgehead atoms. The maximum absolute atomic E-state index is 6.13. The molecule has 3 aromatic rings. The smallest absolute Gasteiger partial charge is 0.268 e. The molecule has 0 spiro atoms. The number of nitrogens with two attached hydrogens (primary N) is 1. The molecular weight excluding hydrogens is 550 g/mol. The molecule has 0 amide bonds. The monoisotopic (exact) mass is 571 g/mol. The van der Waals surface area contributed by atoms with E-state index in [1.807, 2.05) is 34.9 Å². The lowest BCUT2D eigenvalue weighted by Crippen LogP contribution is -2.09. The van der Waals surface area contributed by atoms with Crippen molar-refractivity contribution in [1.82, 2.24) is 19.5 Å². The molecule has 3 aromatic carbocycles. The normalized spacial score (nSPS) is 14.8. The fourth-order valence-corrected chi connectivity index (χ4v) is 5.27. The van der Waals surface area contributed by atoms with Crippen LogP contribution in [0.2, 0.25) is 0 Å². The lowest BCUT2D eigenvalue weighted by Gasteiger charge is -2.12. The highest BCUT2D eigenvalue weighted by Crippen LogP contribution is 2.40. The van der Waals surface area contributed by atoms with Crippen LogP contribution in [0.3, 0.4) is 0 Å². The molecule has 2 N–H and O–H groups in total. The molecular formula is C28H22BrN5O2S. The number of imidazole rings is 1. The highest BCUT2D eigenvalue weighted by Gasteiger charge is 2.26. The number of aryl methyl sites for hydroxylation is 2. The second-order valence-electron chi connectivity index (χ2n) is 8.46. The number of fused-ring (bicyclic) bond motifs is 1. The molecule has 6 rings (SSSR count). The molecule has 3 aliphatic heterocycles. The zero-order chi connectivity index (χ0) is 25.2. The maximum Gasteiger partial charge on any atom is 0.268 e. The van der Waals surface area contributed by atoms with Crippen molar-refractivity contribution in [2.75, 3.05) is 5.73 Å². The molecule has 9 heteroatoms. The van der Waals surface area contributed by atoms with E-state index in [0.29, 0.717) is 34.1 Å². The summed E-state index contributed by atoms with van der Waals surface area (Å²) < 4.78 is 14.6. The van der Waals surface area contributed by atoms with Crippen LogP contribution in [0, 0.1) is 0 Å². The van der Waals surface area contributed by atoms with Crippen molar-refractivity contribution in [2.45, 2.75) is 24.4 Å². The average molecular weight is 572 g/mol. The molecule has 3 heterocycles. The Bertz CT molecular complexity index is 1540. The van der Waals surface area contributed by atoms with Crippen molar-refractivity contribution in [3.63, 3.8) is 0 Å². The predicted molar refractivity (Wildman–Crippen MR) is 147 cm³/mol. The van der Waals surface area contributed by atoms with E-state index in [1.165, 1.54) is 28.5 Å². The van der Waals surface area contributed by atoms with Gasteiger partial charge in [0, 0.05) is 16.6 Å². The number of nitrogens with zero attached hydrogens (tertiary/aromatic N) is 4. The standard InChI is InChI=1S/C28H22BrN5O2S/c29-22-9-5-4-8-21(22)27-35-16-23(36-27)37-28-32-24-25(30)31-17-34(26(24)33-28)15-14-18-10-12-20(13-11-18)19-6-2-1-3-7-19/h1-13,16-17,27H,14-15,30H2. The van der Waals surface area contributed by atoms with Crippen LogP contribution in [0.25, 0.3) is 22.6 Å². The van der Waals surface area contributed by atoms with Gasteiger partial charge < -0.3 is 19.8 Å². The Balaban J connectivity index is 1.15. The van der Waals surface area contributed by atoms with Crippen LogP contribution in [0.4, 0.5) is 5.82 Å². The molecule has 0 fully saturated rings. The van der Waals surface area contributed by atoms with E-state index in [4.69, 9.17) is 20.2 Å². The van der Waals surface area contributed by atoms with E-state index >= 15 is 0 Å². The van der Waals surface area contributed by atoms with E-state index in [1.54, 1.807) is 12.6 Å². The fraction of sp³-hybridized carbons (Fsp3) is 0.107. The Hall–Kier alpha value is -3.82. The number of hydrogen-bond donors (Lipinski definition) is 1. The van der Waals surface area contributed by atoms with Crippen LogP contribution in [-0.4, -0.2) is 19.5 Å². The van der Waals surface area contributed by atoms with E-state index < -0.39 is 6.29 Å². The summed E-state index contributed by atoms with van der Waals surface area (Å²) in [4.78, 5) is 13.7. The van der Waals surface area contributed by atoms with Gasteiger partial charge in [0.15, 0.2) is 22.5 Å². The summed E-state index contributed by atoms with van der Waals surface area (Å²) in [6, 6.07) is 26.8. The van der Waals surface area contributed by atoms with E-state index in [0.717, 1.165) is 16.5 Å². The Morgan fingerprint density at radius 1 is 0.919 bits per heavy atom.